The first-order valence-electron chi connectivity index (χ1n) is 26.2. The van der Waals surface area contributed by atoms with Crippen molar-refractivity contribution in [3.63, 3.8) is 0 Å². The van der Waals surface area contributed by atoms with Gasteiger partial charge in [-0.15, -0.1) is 0 Å². The van der Waals surface area contributed by atoms with Gasteiger partial charge in [0.2, 0.25) is 5.91 Å². The number of carbonyl (C=O) groups excluding carboxylic acids is 1. The quantitative estimate of drug-likeness (QED) is 0.0423. The number of nitrogens with one attached hydrogen (secondary N) is 1. The lowest BCUT2D eigenvalue weighted by Gasteiger charge is -2.22. The van der Waals surface area contributed by atoms with Crippen molar-refractivity contribution in [1.29, 1.82) is 0 Å². The molecule has 0 radical (unpaired) electrons. The summed E-state index contributed by atoms with van der Waals surface area (Å²) >= 11 is 0. The molecule has 1 amide bonds. The summed E-state index contributed by atoms with van der Waals surface area (Å²) in [5, 5.41) is 23.1. The standard InChI is InChI=1S/C54H103NO3/c1-3-5-7-9-11-13-14-15-16-17-18-19-20-21-22-23-24-25-26-27-28-29-30-31-32-33-34-35-36-37-38-39-40-42-44-46-48-50-54(58)55-52(51-56)53(57)49-47-45-43-41-12-10-8-6-4-2/h14-15,17-18,20-21,52-53,56-57H,3-13,16,19,22-51H2,1-2H3,(H,55,58)/b15-14-,18-17-,21-20-. The van der Waals surface area contributed by atoms with Crippen LogP contribution in [0.1, 0.15) is 284 Å². The van der Waals surface area contributed by atoms with E-state index in [0.717, 1.165) is 38.5 Å². The molecule has 0 saturated heterocycles. The smallest absolute Gasteiger partial charge is 0.220 e. The van der Waals surface area contributed by atoms with E-state index >= 15 is 0 Å². The van der Waals surface area contributed by atoms with E-state index in [4.69, 9.17) is 0 Å². The van der Waals surface area contributed by atoms with Crippen molar-refractivity contribution in [3.05, 3.63) is 36.5 Å². The lowest BCUT2D eigenvalue weighted by atomic mass is 10.0. The summed E-state index contributed by atoms with van der Waals surface area (Å²) < 4.78 is 0. The molecular formula is C54H103NO3. The number of unbranched alkanes of at least 4 members (excludes halogenated alkanes) is 35. The second-order valence-corrected chi connectivity index (χ2v) is 17.9. The number of amides is 1. The second kappa shape index (κ2) is 50.0. The minimum atomic E-state index is -0.655. The SMILES string of the molecule is CCCCCCC/C=C\C/C=C\C/C=C\CCCCCCCCCCCCCCCCCCCCCCCCC(=O)NC(CO)C(O)CCCCCCCCCCC. The average Bonchev–Trinajstić information content (AvgIpc) is 3.23. The van der Waals surface area contributed by atoms with Crippen molar-refractivity contribution < 1.29 is 15.0 Å². The van der Waals surface area contributed by atoms with Crippen LogP contribution in [0.2, 0.25) is 0 Å². The van der Waals surface area contributed by atoms with E-state index < -0.39 is 12.1 Å². The topological polar surface area (TPSA) is 69.6 Å². The van der Waals surface area contributed by atoms with Gasteiger partial charge in [-0.2, -0.15) is 0 Å². The molecule has 342 valence electrons. The molecule has 0 bridgehead atoms. The van der Waals surface area contributed by atoms with Crippen LogP contribution in [-0.2, 0) is 4.79 Å². The van der Waals surface area contributed by atoms with E-state index in [0.29, 0.717) is 12.8 Å². The maximum Gasteiger partial charge on any atom is 0.220 e. The van der Waals surface area contributed by atoms with Crippen molar-refractivity contribution >= 4 is 5.91 Å². The molecule has 0 heterocycles. The first-order chi connectivity index (χ1) is 28.7. The molecule has 0 aliphatic rings. The Bertz CT molecular complexity index is 882. The molecule has 58 heavy (non-hydrogen) atoms. The summed E-state index contributed by atoms with van der Waals surface area (Å²) in [4.78, 5) is 12.4. The van der Waals surface area contributed by atoms with Crippen molar-refractivity contribution in [1.82, 2.24) is 5.32 Å². The predicted molar refractivity (Wildman–Crippen MR) is 258 cm³/mol. The van der Waals surface area contributed by atoms with Crippen molar-refractivity contribution in [3.8, 4) is 0 Å². The molecule has 0 aromatic carbocycles. The highest BCUT2D eigenvalue weighted by Gasteiger charge is 2.20. The van der Waals surface area contributed by atoms with Gasteiger partial charge < -0.3 is 15.5 Å². The molecule has 0 rings (SSSR count). The molecule has 2 unspecified atom stereocenters. The first-order valence-corrected chi connectivity index (χ1v) is 26.2. The minimum Gasteiger partial charge on any atom is -0.394 e. The molecule has 3 N–H and O–H groups in total. The average molecular weight is 814 g/mol. The molecule has 0 fully saturated rings. The Labute approximate surface area is 363 Å². The molecule has 4 heteroatoms. The van der Waals surface area contributed by atoms with Crippen LogP contribution in [0.4, 0.5) is 0 Å². The van der Waals surface area contributed by atoms with E-state index in [1.165, 1.54) is 218 Å². The van der Waals surface area contributed by atoms with Gasteiger partial charge in [0.25, 0.3) is 0 Å². The summed E-state index contributed by atoms with van der Waals surface area (Å²) in [5.74, 6) is -0.0299. The van der Waals surface area contributed by atoms with Crippen LogP contribution >= 0.6 is 0 Å². The van der Waals surface area contributed by atoms with Gasteiger partial charge in [0.1, 0.15) is 0 Å². The Morgan fingerprint density at radius 3 is 1.05 bits per heavy atom. The molecule has 0 saturated carbocycles. The largest absolute Gasteiger partial charge is 0.394 e. The maximum atomic E-state index is 12.4. The summed E-state index contributed by atoms with van der Waals surface area (Å²) in [6, 6.07) is -0.531. The van der Waals surface area contributed by atoms with Gasteiger partial charge in [0.15, 0.2) is 0 Å². The van der Waals surface area contributed by atoms with Crippen molar-refractivity contribution in [2.45, 2.75) is 296 Å². The molecule has 4 nitrogen and oxygen atoms in total. The van der Waals surface area contributed by atoms with E-state index in [1.807, 2.05) is 0 Å². The predicted octanol–water partition coefficient (Wildman–Crippen LogP) is 16.9. The monoisotopic (exact) mass is 814 g/mol. The van der Waals surface area contributed by atoms with Crippen molar-refractivity contribution in [2.75, 3.05) is 6.61 Å². The summed E-state index contributed by atoms with van der Waals surface area (Å²) in [6.45, 7) is 4.34. The normalized spacial score (nSPS) is 13.1. The van der Waals surface area contributed by atoms with Crippen LogP contribution in [0, 0.1) is 0 Å². The molecular weight excluding hydrogens is 711 g/mol. The number of aliphatic hydroxyl groups excluding tert-OH is 2. The Morgan fingerprint density at radius 2 is 0.707 bits per heavy atom. The lowest BCUT2D eigenvalue weighted by Crippen LogP contribution is -2.45. The number of allylic oxidation sites excluding steroid dienone is 6. The fourth-order valence-electron chi connectivity index (χ4n) is 8.13. The third-order valence-corrected chi connectivity index (χ3v) is 12.2. The summed E-state index contributed by atoms with van der Waals surface area (Å²) in [5.41, 5.74) is 0. The first kappa shape index (κ1) is 56.6. The van der Waals surface area contributed by atoms with Gasteiger partial charge in [-0.25, -0.2) is 0 Å². The Hall–Kier alpha value is -1.39. The highest BCUT2D eigenvalue weighted by Crippen LogP contribution is 2.17. The number of hydrogen-bond donors (Lipinski definition) is 3. The fraction of sp³-hybridized carbons (Fsp3) is 0.870. The zero-order valence-electron chi connectivity index (χ0n) is 39.3. The van der Waals surface area contributed by atoms with Crippen molar-refractivity contribution in [2.24, 2.45) is 0 Å². The van der Waals surface area contributed by atoms with E-state index in [1.54, 1.807) is 0 Å². The van der Waals surface area contributed by atoms with Crippen LogP contribution in [0.15, 0.2) is 36.5 Å². The molecule has 0 aliphatic heterocycles. The Kier molecular flexibility index (Phi) is 48.8. The van der Waals surface area contributed by atoms with Gasteiger partial charge in [-0.05, 0) is 51.4 Å². The van der Waals surface area contributed by atoms with Gasteiger partial charge in [-0.3, -0.25) is 4.79 Å². The van der Waals surface area contributed by atoms with Gasteiger partial charge in [0, 0.05) is 6.42 Å². The molecule has 0 spiro atoms. The lowest BCUT2D eigenvalue weighted by molar-refractivity contribution is -0.123. The van der Waals surface area contributed by atoms with Crippen LogP contribution in [0.25, 0.3) is 0 Å². The van der Waals surface area contributed by atoms with Gasteiger partial charge in [0.05, 0.1) is 18.8 Å². The molecule has 0 aliphatic carbocycles. The highest BCUT2D eigenvalue weighted by molar-refractivity contribution is 5.76. The fourth-order valence-corrected chi connectivity index (χ4v) is 8.13. The zero-order valence-corrected chi connectivity index (χ0v) is 39.3. The number of carbonyl (C=O) groups is 1. The van der Waals surface area contributed by atoms with E-state index in [-0.39, 0.29) is 12.5 Å². The zero-order chi connectivity index (χ0) is 42.1. The Morgan fingerprint density at radius 1 is 0.414 bits per heavy atom. The minimum absolute atomic E-state index is 0.0299. The number of aliphatic hydroxyl groups is 2. The molecule has 0 aromatic rings. The van der Waals surface area contributed by atoms with Crippen LogP contribution in [0.5, 0.6) is 0 Å². The molecule has 2 atom stereocenters. The van der Waals surface area contributed by atoms with E-state index in [2.05, 4.69) is 55.6 Å². The third-order valence-electron chi connectivity index (χ3n) is 12.2. The van der Waals surface area contributed by atoms with Crippen LogP contribution < -0.4 is 5.32 Å². The third kappa shape index (κ3) is 45.7. The van der Waals surface area contributed by atoms with Crippen LogP contribution in [-0.4, -0.2) is 34.9 Å². The van der Waals surface area contributed by atoms with Crippen LogP contribution in [0.3, 0.4) is 0 Å². The number of hydrogen-bond acceptors (Lipinski definition) is 3. The maximum absolute atomic E-state index is 12.4. The summed E-state index contributed by atoms with van der Waals surface area (Å²) in [7, 11) is 0. The van der Waals surface area contributed by atoms with Gasteiger partial charge in [-0.1, -0.05) is 262 Å². The second-order valence-electron chi connectivity index (χ2n) is 17.9. The number of rotatable bonds is 48. The summed E-state index contributed by atoms with van der Waals surface area (Å²) in [6.07, 6.45) is 67.1. The van der Waals surface area contributed by atoms with E-state index in [9.17, 15) is 15.0 Å². The Balaban J connectivity index is 3.36. The highest BCUT2D eigenvalue weighted by atomic mass is 16.3. The molecule has 0 aromatic heterocycles. The van der Waals surface area contributed by atoms with Gasteiger partial charge >= 0.3 is 0 Å².